The highest BCUT2D eigenvalue weighted by Crippen LogP contribution is 2.56. The van der Waals surface area contributed by atoms with Crippen molar-refractivity contribution in [2.75, 3.05) is 64.1 Å². The van der Waals surface area contributed by atoms with Crippen molar-refractivity contribution in [1.29, 1.82) is 0 Å². The van der Waals surface area contributed by atoms with Gasteiger partial charge in [-0.3, -0.25) is 0 Å². The molecule has 0 saturated heterocycles. The largest absolute Gasteiger partial charge is 0.378 e. The van der Waals surface area contributed by atoms with Crippen molar-refractivity contribution < 1.29 is 4.74 Å². The highest BCUT2D eigenvalue weighted by molar-refractivity contribution is 5.99. The minimum atomic E-state index is -0.690. The first-order valence-corrected chi connectivity index (χ1v) is 11.7. The number of ether oxygens (including phenoxy) is 1. The maximum atomic E-state index is 6.61. The lowest BCUT2D eigenvalue weighted by Gasteiger charge is -2.33. The van der Waals surface area contributed by atoms with Gasteiger partial charge in [0.1, 0.15) is 5.60 Å². The molecule has 0 amide bonds. The number of hydrogen-bond acceptors (Lipinski definition) is 4. The number of rotatable bonds is 5. The predicted octanol–water partition coefficient (Wildman–Crippen LogP) is 5.96. The summed E-state index contributed by atoms with van der Waals surface area (Å²) in [5.74, 6) is 0. The third kappa shape index (κ3) is 3.09. The average molecular weight is 452 g/mol. The molecule has 0 saturated carbocycles. The molecule has 0 spiro atoms. The lowest BCUT2D eigenvalue weighted by Crippen LogP contribution is -2.30. The highest BCUT2D eigenvalue weighted by atomic mass is 16.5. The van der Waals surface area contributed by atoms with Crippen molar-refractivity contribution in [3.8, 4) is 11.1 Å². The fraction of sp³-hybridized carbons (Fsp3) is 0.267. The summed E-state index contributed by atoms with van der Waals surface area (Å²) < 4.78 is 6.61. The van der Waals surface area contributed by atoms with Crippen LogP contribution in [0.25, 0.3) is 21.9 Å². The third-order valence-corrected chi connectivity index (χ3v) is 7.16. The Kier molecular flexibility index (Phi) is 5.29. The van der Waals surface area contributed by atoms with E-state index >= 15 is 0 Å². The zero-order valence-corrected chi connectivity index (χ0v) is 21.2. The standard InChI is InChI=1S/C30H33N3O/c1-31(2)20-12-14-27-24(18-20)25-19-21(32(3)4)13-15-28(25)30(27,34-7)26-16-17-29(33(5)6)23-11-9-8-10-22(23)26/h8-19H,1-7H3. The van der Waals surface area contributed by atoms with Crippen LogP contribution < -0.4 is 14.7 Å². The fourth-order valence-corrected chi connectivity index (χ4v) is 5.43. The number of fused-ring (bicyclic) bond motifs is 4. The van der Waals surface area contributed by atoms with Gasteiger partial charge in [0, 0.05) is 88.5 Å². The summed E-state index contributed by atoms with van der Waals surface area (Å²) in [6.45, 7) is 0. The van der Waals surface area contributed by atoms with E-state index in [1.165, 1.54) is 55.7 Å². The molecule has 0 fully saturated rings. The normalized spacial score (nSPS) is 13.5. The van der Waals surface area contributed by atoms with Crippen LogP contribution in [0.5, 0.6) is 0 Å². The Hall–Kier alpha value is -3.50. The fourth-order valence-electron chi connectivity index (χ4n) is 5.43. The quantitative estimate of drug-likeness (QED) is 0.373. The minimum Gasteiger partial charge on any atom is -0.378 e. The van der Waals surface area contributed by atoms with E-state index in [9.17, 15) is 0 Å². The van der Waals surface area contributed by atoms with Crippen LogP contribution in [0.15, 0.2) is 72.8 Å². The average Bonchev–Trinajstić information content (AvgIpc) is 3.12. The minimum absolute atomic E-state index is 0.690. The molecule has 0 aliphatic heterocycles. The van der Waals surface area contributed by atoms with Gasteiger partial charge in [0.25, 0.3) is 0 Å². The monoisotopic (exact) mass is 451 g/mol. The number of hydrogen-bond donors (Lipinski definition) is 0. The maximum absolute atomic E-state index is 6.61. The van der Waals surface area contributed by atoms with Crippen LogP contribution in [-0.2, 0) is 10.3 Å². The molecule has 4 aromatic rings. The molecular weight excluding hydrogens is 418 g/mol. The molecule has 4 aromatic carbocycles. The Labute approximate surface area is 203 Å². The Morgan fingerprint density at radius 3 is 1.53 bits per heavy atom. The number of nitrogens with zero attached hydrogens (tertiary/aromatic N) is 3. The van der Waals surface area contributed by atoms with Crippen LogP contribution in [0.3, 0.4) is 0 Å². The molecule has 0 N–H and O–H groups in total. The molecule has 1 aliphatic rings. The smallest absolute Gasteiger partial charge is 0.145 e. The van der Waals surface area contributed by atoms with Crippen LogP contribution in [0, 0.1) is 0 Å². The molecule has 4 nitrogen and oxygen atoms in total. The Bertz CT molecular complexity index is 1330. The van der Waals surface area contributed by atoms with Gasteiger partial charge in [-0.15, -0.1) is 0 Å². The molecule has 5 rings (SSSR count). The topological polar surface area (TPSA) is 19.0 Å². The summed E-state index contributed by atoms with van der Waals surface area (Å²) in [7, 11) is 14.4. The van der Waals surface area contributed by atoms with Crippen molar-refractivity contribution in [3.05, 3.63) is 89.5 Å². The second-order valence-corrected chi connectivity index (χ2v) is 9.71. The molecule has 0 radical (unpaired) electrons. The predicted molar refractivity (Wildman–Crippen MR) is 146 cm³/mol. The lowest BCUT2D eigenvalue weighted by atomic mass is 9.81. The van der Waals surface area contributed by atoms with Gasteiger partial charge in [-0.05, 0) is 46.8 Å². The van der Waals surface area contributed by atoms with Crippen molar-refractivity contribution in [2.24, 2.45) is 0 Å². The van der Waals surface area contributed by atoms with Gasteiger partial charge < -0.3 is 19.4 Å². The van der Waals surface area contributed by atoms with Gasteiger partial charge in [-0.1, -0.05) is 42.5 Å². The summed E-state index contributed by atoms with van der Waals surface area (Å²) in [6.07, 6.45) is 0. The van der Waals surface area contributed by atoms with Gasteiger partial charge in [-0.25, -0.2) is 0 Å². The first kappa shape index (κ1) is 22.3. The molecule has 0 aromatic heterocycles. The van der Waals surface area contributed by atoms with Gasteiger partial charge in [0.2, 0.25) is 0 Å². The maximum Gasteiger partial charge on any atom is 0.145 e. The third-order valence-electron chi connectivity index (χ3n) is 7.16. The second-order valence-electron chi connectivity index (χ2n) is 9.71. The molecule has 1 aliphatic carbocycles. The highest BCUT2D eigenvalue weighted by Gasteiger charge is 2.46. The van der Waals surface area contributed by atoms with Crippen molar-refractivity contribution in [3.63, 3.8) is 0 Å². The van der Waals surface area contributed by atoms with Crippen LogP contribution in [0.2, 0.25) is 0 Å². The molecule has 4 heteroatoms. The van der Waals surface area contributed by atoms with Crippen molar-refractivity contribution in [2.45, 2.75) is 5.60 Å². The Morgan fingerprint density at radius 1 is 0.559 bits per heavy atom. The zero-order chi connectivity index (χ0) is 24.2. The summed E-state index contributed by atoms with van der Waals surface area (Å²) >= 11 is 0. The first-order valence-electron chi connectivity index (χ1n) is 11.7. The molecule has 0 unspecified atom stereocenters. The lowest BCUT2D eigenvalue weighted by molar-refractivity contribution is 0.0637. The summed E-state index contributed by atoms with van der Waals surface area (Å²) in [5, 5.41) is 2.44. The molecule has 34 heavy (non-hydrogen) atoms. The van der Waals surface area contributed by atoms with E-state index in [1.54, 1.807) is 0 Å². The molecular formula is C30H33N3O. The van der Waals surface area contributed by atoms with Crippen LogP contribution in [0.1, 0.15) is 16.7 Å². The van der Waals surface area contributed by atoms with E-state index in [4.69, 9.17) is 4.74 Å². The van der Waals surface area contributed by atoms with E-state index < -0.39 is 5.60 Å². The Morgan fingerprint density at radius 2 is 1.06 bits per heavy atom. The van der Waals surface area contributed by atoms with Gasteiger partial charge in [-0.2, -0.15) is 0 Å². The molecule has 174 valence electrons. The summed E-state index contributed by atoms with van der Waals surface area (Å²) in [5.41, 5.74) is 8.88. The van der Waals surface area contributed by atoms with Crippen LogP contribution in [0.4, 0.5) is 17.1 Å². The summed E-state index contributed by atoms with van der Waals surface area (Å²) in [4.78, 5) is 6.49. The van der Waals surface area contributed by atoms with E-state index in [0.717, 1.165) is 0 Å². The number of methoxy groups -OCH3 is 1. The van der Waals surface area contributed by atoms with E-state index in [1.807, 2.05) is 7.11 Å². The van der Waals surface area contributed by atoms with E-state index in [-0.39, 0.29) is 0 Å². The van der Waals surface area contributed by atoms with Gasteiger partial charge in [0.05, 0.1) is 0 Å². The van der Waals surface area contributed by atoms with E-state index in [2.05, 4.69) is 130 Å². The van der Waals surface area contributed by atoms with Crippen LogP contribution in [-0.4, -0.2) is 49.4 Å². The second kappa shape index (κ2) is 8.07. The zero-order valence-electron chi connectivity index (χ0n) is 21.2. The first-order chi connectivity index (χ1) is 16.3. The Balaban J connectivity index is 1.89. The van der Waals surface area contributed by atoms with Crippen molar-refractivity contribution in [1.82, 2.24) is 0 Å². The number of anilines is 3. The molecule has 0 bridgehead atoms. The molecule has 0 heterocycles. The summed E-state index contributed by atoms with van der Waals surface area (Å²) in [6, 6.07) is 26.6. The van der Waals surface area contributed by atoms with Gasteiger partial charge in [0.15, 0.2) is 0 Å². The van der Waals surface area contributed by atoms with E-state index in [0.29, 0.717) is 0 Å². The van der Waals surface area contributed by atoms with Gasteiger partial charge >= 0.3 is 0 Å². The van der Waals surface area contributed by atoms with Crippen molar-refractivity contribution >= 4 is 27.8 Å². The number of benzene rings is 4. The molecule has 0 atom stereocenters. The van der Waals surface area contributed by atoms with Crippen LogP contribution >= 0.6 is 0 Å². The SMILES string of the molecule is COC1(c2ccc(N(C)C)c3ccccc23)c2ccc(N(C)C)cc2-c2cc(N(C)C)ccc21.